The summed E-state index contributed by atoms with van der Waals surface area (Å²) in [5.41, 5.74) is 5.71. The zero-order valence-corrected chi connectivity index (χ0v) is 12.7. The van der Waals surface area contributed by atoms with Crippen molar-refractivity contribution in [3.05, 3.63) is 39.9 Å². The summed E-state index contributed by atoms with van der Waals surface area (Å²) < 4.78 is 0. The van der Waals surface area contributed by atoms with Crippen LogP contribution in [-0.4, -0.2) is 39.1 Å². The molecule has 0 aliphatic heterocycles. The zero-order chi connectivity index (χ0) is 17.7. The summed E-state index contributed by atoms with van der Waals surface area (Å²) in [4.78, 5) is 33.0. The minimum atomic E-state index is -1.42. The molecular formula is C14H19N3O6. The van der Waals surface area contributed by atoms with Gasteiger partial charge in [0.05, 0.1) is 4.92 Å². The van der Waals surface area contributed by atoms with Gasteiger partial charge in [0.15, 0.2) is 0 Å². The van der Waals surface area contributed by atoms with Crippen LogP contribution >= 0.6 is 0 Å². The highest BCUT2D eigenvalue weighted by atomic mass is 16.6. The number of nitro groups is 1. The number of aliphatic hydroxyl groups excluding tert-OH is 1. The van der Waals surface area contributed by atoms with Crippen LogP contribution in [0.3, 0.4) is 0 Å². The van der Waals surface area contributed by atoms with Crippen molar-refractivity contribution >= 4 is 17.6 Å². The molecule has 0 aliphatic carbocycles. The lowest BCUT2D eigenvalue weighted by molar-refractivity contribution is -0.384. The lowest BCUT2D eigenvalue weighted by Crippen LogP contribution is -2.52. The fourth-order valence-electron chi connectivity index (χ4n) is 1.91. The topological polar surface area (TPSA) is 156 Å². The maximum absolute atomic E-state index is 12.0. The molecule has 0 spiro atoms. The van der Waals surface area contributed by atoms with Gasteiger partial charge in [0.25, 0.3) is 5.69 Å². The molecule has 3 atom stereocenters. The number of benzene rings is 1. The van der Waals surface area contributed by atoms with Gasteiger partial charge in [-0.25, -0.2) is 4.79 Å². The molecule has 0 aliphatic rings. The predicted molar refractivity (Wildman–Crippen MR) is 80.4 cm³/mol. The van der Waals surface area contributed by atoms with Gasteiger partial charge in [0, 0.05) is 12.1 Å². The van der Waals surface area contributed by atoms with E-state index >= 15 is 0 Å². The monoisotopic (exact) mass is 325 g/mol. The van der Waals surface area contributed by atoms with Gasteiger partial charge in [-0.2, -0.15) is 0 Å². The van der Waals surface area contributed by atoms with Crippen molar-refractivity contribution in [2.24, 2.45) is 11.7 Å². The van der Waals surface area contributed by atoms with E-state index in [4.69, 9.17) is 10.8 Å². The largest absolute Gasteiger partial charge is 0.480 e. The highest BCUT2D eigenvalue weighted by Crippen LogP contribution is 2.20. The van der Waals surface area contributed by atoms with Gasteiger partial charge >= 0.3 is 5.97 Å². The number of carbonyl (C=O) groups excluding carboxylic acids is 1. The van der Waals surface area contributed by atoms with Crippen LogP contribution in [0.25, 0.3) is 0 Å². The molecule has 0 heterocycles. The molecule has 0 saturated heterocycles. The van der Waals surface area contributed by atoms with Gasteiger partial charge < -0.3 is 21.3 Å². The van der Waals surface area contributed by atoms with Gasteiger partial charge in [-0.3, -0.25) is 14.9 Å². The average molecular weight is 325 g/mol. The van der Waals surface area contributed by atoms with Crippen LogP contribution in [0.2, 0.25) is 0 Å². The summed E-state index contributed by atoms with van der Waals surface area (Å²) in [6.45, 7) is 3.24. The molecule has 0 radical (unpaired) electrons. The van der Waals surface area contributed by atoms with Gasteiger partial charge in [-0.15, -0.1) is 0 Å². The van der Waals surface area contributed by atoms with E-state index < -0.39 is 35.0 Å². The standard InChI is InChI=1S/C14H19N3O6/c1-7(2)11(14(20)21)16-13(19)10(15)12(18)8-3-5-9(6-4-8)17(22)23/h3-7,10-12,18H,15H2,1-2H3,(H,16,19)(H,20,21)/t10-,11+,12+/m1/s1. The number of amides is 1. The number of nitrogens with one attached hydrogen (secondary N) is 1. The highest BCUT2D eigenvalue weighted by Gasteiger charge is 2.30. The first-order chi connectivity index (χ1) is 10.6. The van der Waals surface area contributed by atoms with E-state index in [1.165, 1.54) is 24.3 Å². The molecule has 1 aromatic carbocycles. The Bertz CT molecular complexity index is 587. The van der Waals surface area contributed by atoms with E-state index in [2.05, 4.69) is 5.32 Å². The second kappa shape index (κ2) is 7.65. The third-order valence-corrected chi connectivity index (χ3v) is 3.32. The predicted octanol–water partition coefficient (Wildman–Crippen LogP) is 0.181. The number of aliphatic hydroxyl groups is 1. The van der Waals surface area contributed by atoms with Crippen LogP contribution in [0.1, 0.15) is 25.5 Å². The summed E-state index contributed by atoms with van der Waals surface area (Å²) in [7, 11) is 0. The molecular weight excluding hydrogens is 306 g/mol. The lowest BCUT2D eigenvalue weighted by atomic mass is 10.00. The SMILES string of the molecule is CC(C)[C@H](NC(=O)[C@H](N)[C@@H](O)c1ccc([N+](=O)[O-])cc1)C(=O)O. The van der Waals surface area contributed by atoms with E-state index in [1.807, 2.05) is 0 Å². The number of rotatable bonds is 7. The first-order valence-electron chi connectivity index (χ1n) is 6.86. The zero-order valence-electron chi connectivity index (χ0n) is 12.7. The average Bonchev–Trinajstić information content (AvgIpc) is 2.50. The van der Waals surface area contributed by atoms with Crippen LogP contribution in [0.15, 0.2) is 24.3 Å². The first kappa shape index (κ1) is 18.5. The van der Waals surface area contributed by atoms with Crippen LogP contribution < -0.4 is 11.1 Å². The van der Waals surface area contributed by atoms with E-state index in [1.54, 1.807) is 13.8 Å². The van der Waals surface area contributed by atoms with Crippen LogP contribution in [0.4, 0.5) is 5.69 Å². The fourth-order valence-corrected chi connectivity index (χ4v) is 1.91. The quantitative estimate of drug-likeness (QED) is 0.411. The van der Waals surface area contributed by atoms with Crippen molar-refractivity contribution in [3.63, 3.8) is 0 Å². The molecule has 1 amide bonds. The summed E-state index contributed by atoms with van der Waals surface area (Å²) in [5, 5.41) is 31.9. The Morgan fingerprint density at radius 3 is 2.17 bits per heavy atom. The lowest BCUT2D eigenvalue weighted by Gasteiger charge is -2.23. The van der Waals surface area contributed by atoms with Crippen molar-refractivity contribution in [1.82, 2.24) is 5.32 Å². The molecule has 9 nitrogen and oxygen atoms in total. The number of aliphatic carboxylic acids is 1. The van der Waals surface area contributed by atoms with Crippen molar-refractivity contribution < 1.29 is 24.7 Å². The summed E-state index contributed by atoms with van der Waals surface area (Å²) >= 11 is 0. The van der Waals surface area contributed by atoms with E-state index in [-0.39, 0.29) is 17.2 Å². The molecule has 5 N–H and O–H groups in total. The molecule has 0 unspecified atom stereocenters. The number of non-ortho nitro benzene ring substituents is 1. The van der Waals surface area contributed by atoms with E-state index in [0.717, 1.165) is 0 Å². The molecule has 1 rings (SSSR count). The summed E-state index contributed by atoms with van der Waals surface area (Å²) in [6, 6.07) is 2.39. The second-order valence-electron chi connectivity index (χ2n) is 5.39. The maximum atomic E-state index is 12.0. The van der Waals surface area contributed by atoms with E-state index in [0.29, 0.717) is 0 Å². The van der Waals surface area contributed by atoms with E-state index in [9.17, 15) is 24.8 Å². The molecule has 0 bridgehead atoms. The Hall–Kier alpha value is -2.52. The molecule has 0 saturated carbocycles. The summed E-state index contributed by atoms with van der Waals surface area (Å²) in [5.74, 6) is -2.39. The number of hydrogen-bond acceptors (Lipinski definition) is 6. The molecule has 23 heavy (non-hydrogen) atoms. The Kier molecular flexibility index (Phi) is 6.17. The fraction of sp³-hybridized carbons (Fsp3) is 0.429. The molecule has 9 heteroatoms. The molecule has 1 aromatic rings. The van der Waals surface area contributed by atoms with Crippen molar-refractivity contribution in [2.75, 3.05) is 0 Å². The van der Waals surface area contributed by atoms with Crippen LogP contribution in [0, 0.1) is 16.0 Å². The van der Waals surface area contributed by atoms with Crippen LogP contribution in [0.5, 0.6) is 0 Å². The van der Waals surface area contributed by atoms with Gasteiger partial charge in [0.1, 0.15) is 18.2 Å². The van der Waals surface area contributed by atoms with Gasteiger partial charge in [-0.1, -0.05) is 13.8 Å². The third kappa shape index (κ3) is 4.73. The number of carboxylic acid groups (broad SMARTS) is 1. The highest BCUT2D eigenvalue weighted by molar-refractivity contribution is 5.87. The number of nitrogens with two attached hydrogens (primary N) is 1. The Morgan fingerprint density at radius 1 is 1.26 bits per heavy atom. The number of nitrogens with zero attached hydrogens (tertiary/aromatic N) is 1. The van der Waals surface area contributed by atoms with Crippen LogP contribution in [-0.2, 0) is 9.59 Å². The second-order valence-corrected chi connectivity index (χ2v) is 5.39. The third-order valence-electron chi connectivity index (χ3n) is 3.32. The Labute approximate surface area is 132 Å². The maximum Gasteiger partial charge on any atom is 0.326 e. The molecule has 0 fully saturated rings. The van der Waals surface area contributed by atoms with Crippen molar-refractivity contribution in [3.8, 4) is 0 Å². The molecule has 126 valence electrons. The Balaban J connectivity index is 2.82. The number of carbonyl (C=O) groups is 2. The van der Waals surface area contributed by atoms with Gasteiger partial charge in [-0.05, 0) is 23.6 Å². The Morgan fingerprint density at radius 2 is 1.78 bits per heavy atom. The first-order valence-corrected chi connectivity index (χ1v) is 6.86. The van der Waals surface area contributed by atoms with Crippen molar-refractivity contribution in [2.45, 2.75) is 32.0 Å². The number of nitro benzene ring substituents is 1. The molecule has 0 aromatic heterocycles. The minimum Gasteiger partial charge on any atom is -0.480 e. The smallest absolute Gasteiger partial charge is 0.326 e. The number of hydrogen-bond donors (Lipinski definition) is 4. The summed E-state index contributed by atoms with van der Waals surface area (Å²) in [6.07, 6.45) is -1.42. The minimum absolute atomic E-state index is 0.162. The normalized spacial score (nSPS) is 14.8. The van der Waals surface area contributed by atoms with Crippen molar-refractivity contribution in [1.29, 1.82) is 0 Å². The van der Waals surface area contributed by atoms with Gasteiger partial charge in [0.2, 0.25) is 5.91 Å². The number of carboxylic acids is 1.